The van der Waals surface area contributed by atoms with Crippen molar-refractivity contribution in [2.75, 3.05) is 18.0 Å². The fraction of sp³-hybridized carbons (Fsp3) is 0.353. The van der Waals surface area contributed by atoms with E-state index in [4.69, 9.17) is 5.73 Å². The Balaban J connectivity index is 2.07. The highest BCUT2D eigenvalue weighted by Gasteiger charge is 2.41. The van der Waals surface area contributed by atoms with Crippen molar-refractivity contribution in [3.63, 3.8) is 0 Å². The number of piperidine rings is 1. The summed E-state index contributed by atoms with van der Waals surface area (Å²) in [5.74, 6) is -3.29. The summed E-state index contributed by atoms with van der Waals surface area (Å²) in [4.78, 5) is 6.32. The smallest absolute Gasteiger partial charge is 0.254 e. The summed E-state index contributed by atoms with van der Waals surface area (Å²) in [7, 11) is 0. The molecule has 0 spiro atoms. The largest absolute Gasteiger partial charge is 0.399 e. The number of nitrogens with two attached hydrogens (primary N) is 1. The molecule has 3 nitrogen and oxygen atoms in total. The van der Waals surface area contributed by atoms with Gasteiger partial charge in [0.1, 0.15) is 11.6 Å². The third-order valence-electron chi connectivity index (χ3n) is 4.33. The molecule has 3 rings (SSSR count). The van der Waals surface area contributed by atoms with E-state index in [0.717, 1.165) is 0 Å². The molecule has 2 aromatic rings. The second kappa shape index (κ2) is 5.44. The van der Waals surface area contributed by atoms with Crippen LogP contribution in [0.25, 0.3) is 16.6 Å². The van der Waals surface area contributed by atoms with E-state index in [9.17, 15) is 13.2 Å². The predicted molar refractivity (Wildman–Crippen MR) is 85.9 cm³/mol. The number of hydrogen-bond donors (Lipinski definition) is 1. The van der Waals surface area contributed by atoms with E-state index in [0.29, 0.717) is 22.3 Å². The van der Waals surface area contributed by atoms with Gasteiger partial charge in [0.2, 0.25) is 0 Å². The van der Waals surface area contributed by atoms with Crippen molar-refractivity contribution in [1.82, 2.24) is 4.98 Å². The van der Waals surface area contributed by atoms with Crippen LogP contribution in [0.15, 0.2) is 30.8 Å². The van der Waals surface area contributed by atoms with Gasteiger partial charge in [0.15, 0.2) is 0 Å². The first-order chi connectivity index (χ1) is 10.8. The number of nitrogens with zero attached hydrogens (tertiary/aromatic N) is 2. The predicted octanol–water partition coefficient (Wildman–Crippen LogP) is 3.78. The van der Waals surface area contributed by atoms with Crippen LogP contribution in [0.1, 0.15) is 18.9 Å². The monoisotopic (exact) mass is 321 g/mol. The molecule has 1 aliphatic rings. The molecule has 1 aromatic heterocycles. The first-order valence-electron chi connectivity index (χ1n) is 7.46. The van der Waals surface area contributed by atoms with E-state index in [-0.39, 0.29) is 31.0 Å². The molecule has 1 atom stereocenters. The molecule has 1 aliphatic heterocycles. The number of benzene rings is 1. The van der Waals surface area contributed by atoms with Gasteiger partial charge < -0.3 is 10.6 Å². The fourth-order valence-corrected chi connectivity index (χ4v) is 2.89. The summed E-state index contributed by atoms with van der Waals surface area (Å²) >= 11 is 0. The first kappa shape index (κ1) is 15.6. The Kier molecular flexibility index (Phi) is 3.70. The molecule has 1 aromatic carbocycles. The summed E-state index contributed by atoms with van der Waals surface area (Å²) in [5, 5.41) is 0.603. The number of rotatable bonds is 2. The van der Waals surface area contributed by atoms with Gasteiger partial charge in [-0.15, -0.1) is 0 Å². The molecule has 1 unspecified atom stereocenters. The van der Waals surface area contributed by atoms with E-state index in [1.165, 1.54) is 19.1 Å². The number of halogens is 3. The molecule has 1 saturated heterocycles. The maximum atomic E-state index is 13.7. The lowest BCUT2D eigenvalue weighted by Crippen LogP contribution is -2.46. The van der Waals surface area contributed by atoms with Crippen LogP contribution in [0.3, 0.4) is 0 Å². The van der Waals surface area contributed by atoms with E-state index in [1.807, 2.05) is 0 Å². The maximum Gasteiger partial charge on any atom is 0.254 e. The van der Waals surface area contributed by atoms with Gasteiger partial charge in [-0.05, 0) is 24.3 Å². The zero-order valence-corrected chi connectivity index (χ0v) is 12.8. The molecule has 23 heavy (non-hydrogen) atoms. The third kappa shape index (κ3) is 2.85. The van der Waals surface area contributed by atoms with Crippen LogP contribution in [0.4, 0.5) is 19.0 Å². The second-order valence-electron chi connectivity index (χ2n) is 6.08. The number of alkyl halides is 2. The van der Waals surface area contributed by atoms with Crippen LogP contribution >= 0.6 is 0 Å². The molecule has 0 bridgehead atoms. The SMILES string of the molecule is C=C(N)c1cc2cc(F)ccc2nc1N1CCC(F)(F)C(C)C1. The molecule has 2 N–H and O–H groups in total. The van der Waals surface area contributed by atoms with Gasteiger partial charge in [-0.1, -0.05) is 13.5 Å². The minimum atomic E-state index is -2.67. The van der Waals surface area contributed by atoms with Crippen molar-refractivity contribution >= 4 is 22.4 Å². The van der Waals surface area contributed by atoms with E-state index in [1.54, 1.807) is 17.0 Å². The lowest BCUT2D eigenvalue weighted by molar-refractivity contribution is -0.0652. The average molecular weight is 321 g/mol. The lowest BCUT2D eigenvalue weighted by Gasteiger charge is -2.38. The average Bonchev–Trinajstić information content (AvgIpc) is 2.48. The van der Waals surface area contributed by atoms with Gasteiger partial charge in [0, 0.05) is 42.1 Å². The van der Waals surface area contributed by atoms with E-state index < -0.39 is 11.8 Å². The van der Waals surface area contributed by atoms with Crippen molar-refractivity contribution < 1.29 is 13.2 Å². The summed E-state index contributed by atoms with van der Waals surface area (Å²) in [6.07, 6.45) is -0.228. The van der Waals surface area contributed by atoms with Crippen LogP contribution in [0.5, 0.6) is 0 Å². The Labute approximate surface area is 132 Å². The molecule has 122 valence electrons. The number of fused-ring (bicyclic) bond motifs is 1. The highest BCUT2D eigenvalue weighted by Crippen LogP contribution is 2.36. The summed E-state index contributed by atoms with van der Waals surface area (Å²) in [6, 6.07) is 5.97. The maximum absolute atomic E-state index is 13.7. The Morgan fingerprint density at radius 1 is 1.39 bits per heavy atom. The van der Waals surface area contributed by atoms with Gasteiger partial charge >= 0.3 is 0 Å². The highest BCUT2D eigenvalue weighted by molar-refractivity contribution is 5.87. The van der Waals surface area contributed by atoms with Crippen LogP contribution in [0, 0.1) is 11.7 Å². The van der Waals surface area contributed by atoms with Crippen LogP contribution < -0.4 is 10.6 Å². The van der Waals surface area contributed by atoms with Crippen LogP contribution in [0.2, 0.25) is 0 Å². The second-order valence-corrected chi connectivity index (χ2v) is 6.08. The Bertz CT molecular complexity index is 773. The molecular formula is C17H18F3N3. The molecule has 2 heterocycles. The number of anilines is 1. The normalized spacial score (nSPS) is 20.7. The van der Waals surface area contributed by atoms with Crippen molar-refractivity contribution in [2.24, 2.45) is 11.7 Å². The molecule has 0 aliphatic carbocycles. The van der Waals surface area contributed by atoms with Crippen molar-refractivity contribution in [2.45, 2.75) is 19.3 Å². The molecule has 1 fully saturated rings. The zero-order valence-electron chi connectivity index (χ0n) is 12.8. The number of hydrogen-bond acceptors (Lipinski definition) is 3. The molecular weight excluding hydrogens is 303 g/mol. The van der Waals surface area contributed by atoms with Crippen molar-refractivity contribution in [3.05, 3.63) is 42.2 Å². The lowest BCUT2D eigenvalue weighted by atomic mass is 9.95. The summed E-state index contributed by atoms with van der Waals surface area (Å²) < 4.78 is 40.8. The summed E-state index contributed by atoms with van der Waals surface area (Å²) in [5.41, 5.74) is 7.27. The fourth-order valence-electron chi connectivity index (χ4n) is 2.89. The zero-order chi connectivity index (χ0) is 16.8. The van der Waals surface area contributed by atoms with E-state index >= 15 is 0 Å². The minimum absolute atomic E-state index is 0.187. The minimum Gasteiger partial charge on any atom is -0.399 e. The van der Waals surface area contributed by atoms with E-state index in [2.05, 4.69) is 11.6 Å². The topological polar surface area (TPSA) is 42.1 Å². The third-order valence-corrected chi connectivity index (χ3v) is 4.33. The van der Waals surface area contributed by atoms with Crippen molar-refractivity contribution in [3.8, 4) is 0 Å². The number of aromatic nitrogens is 1. The van der Waals surface area contributed by atoms with Gasteiger partial charge in [-0.2, -0.15) is 0 Å². The Morgan fingerprint density at radius 3 is 2.78 bits per heavy atom. The van der Waals surface area contributed by atoms with Gasteiger partial charge in [0.25, 0.3) is 5.92 Å². The molecule has 0 saturated carbocycles. The highest BCUT2D eigenvalue weighted by atomic mass is 19.3. The van der Waals surface area contributed by atoms with Crippen LogP contribution in [-0.2, 0) is 0 Å². The standard InChI is InChI=1S/C17H18F3N3/c1-10-9-23(6-5-17(10,19)20)16-14(11(2)21)8-12-7-13(18)3-4-15(12)22-16/h3-4,7-8,10H,2,5-6,9,21H2,1H3. The van der Waals surface area contributed by atoms with Gasteiger partial charge in [-0.3, -0.25) is 0 Å². The molecule has 0 radical (unpaired) electrons. The number of pyridine rings is 1. The quantitative estimate of drug-likeness (QED) is 0.915. The molecule has 0 amide bonds. The Hall–Kier alpha value is -2.24. The molecule has 6 heteroatoms. The van der Waals surface area contributed by atoms with Gasteiger partial charge in [-0.25, -0.2) is 18.2 Å². The van der Waals surface area contributed by atoms with Gasteiger partial charge in [0.05, 0.1) is 5.52 Å². The first-order valence-corrected chi connectivity index (χ1v) is 7.46. The Morgan fingerprint density at radius 2 is 2.13 bits per heavy atom. The van der Waals surface area contributed by atoms with Crippen molar-refractivity contribution in [1.29, 1.82) is 0 Å². The summed E-state index contributed by atoms with van der Waals surface area (Å²) in [6.45, 7) is 5.63. The van der Waals surface area contributed by atoms with Crippen LogP contribution in [-0.4, -0.2) is 24.0 Å².